The first-order chi connectivity index (χ1) is 17.5. The van der Waals surface area contributed by atoms with Crippen molar-refractivity contribution in [1.29, 1.82) is 0 Å². The molecule has 3 aromatic rings. The van der Waals surface area contributed by atoms with Crippen molar-refractivity contribution in [2.75, 3.05) is 35.2 Å². The second kappa shape index (κ2) is 10.8. The normalized spacial score (nSPS) is 19.9. The number of piperidine rings is 2. The minimum Gasteiger partial charge on any atom is -0.383 e. The van der Waals surface area contributed by atoms with Crippen LogP contribution >= 0.6 is 0 Å². The van der Waals surface area contributed by atoms with Crippen LogP contribution < -0.4 is 21.3 Å². The van der Waals surface area contributed by atoms with E-state index in [9.17, 15) is 8.78 Å². The van der Waals surface area contributed by atoms with Crippen molar-refractivity contribution in [2.24, 2.45) is 11.7 Å². The van der Waals surface area contributed by atoms with Crippen LogP contribution in [-0.2, 0) is 0 Å². The Hall–Kier alpha value is -3.26. The van der Waals surface area contributed by atoms with Gasteiger partial charge in [-0.3, -0.25) is 0 Å². The number of benzene rings is 2. The van der Waals surface area contributed by atoms with Crippen molar-refractivity contribution in [3.63, 3.8) is 0 Å². The Morgan fingerprint density at radius 2 is 1.56 bits per heavy atom. The van der Waals surface area contributed by atoms with E-state index in [1.807, 2.05) is 12.1 Å². The largest absolute Gasteiger partial charge is 0.383 e. The van der Waals surface area contributed by atoms with Gasteiger partial charge >= 0.3 is 0 Å². The first kappa shape index (κ1) is 24.4. The highest BCUT2D eigenvalue weighted by atomic mass is 19.1. The van der Waals surface area contributed by atoms with Gasteiger partial charge in [-0.1, -0.05) is 12.1 Å². The summed E-state index contributed by atoms with van der Waals surface area (Å²) in [5.41, 5.74) is 15.7. The lowest BCUT2D eigenvalue weighted by Gasteiger charge is -2.41. The van der Waals surface area contributed by atoms with Gasteiger partial charge in [0.1, 0.15) is 17.5 Å². The highest BCUT2D eigenvalue weighted by Crippen LogP contribution is 2.32. The molecule has 0 spiro atoms. The minimum absolute atomic E-state index is 0.0225. The quantitative estimate of drug-likeness (QED) is 0.504. The van der Waals surface area contributed by atoms with Crippen molar-refractivity contribution < 1.29 is 8.78 Å². The zero-order valence-electron chi connectivity index (χ0n) is 20.5. The molecule has 3 heterocycles. The Bertz CT molecular complexity index is 1150. The Morgan fingerprint density at radius 1 is 0.889 bits per heavy atom. The van der Waals surface area contributed by atoms with E-state index in [-0.39, 0.29) is 23.7 Å². The average Bonchev–Trinajstić information content (AvgIpc) is 2.90. The number of nitrogens with zero attached hydrogens (tertiary/aromatic N) is 4. The number of nitrogens with two attached hydrogens (primary N) is 2. The van der Waals surface area contributed by atoms with E-state index in [1.165, 1.54) is 24.3 Å². The summed E-state index contributed by atoms with van der Waals surface area (Å²) in [6, 6.07) is 13.1. The van der Waals surface area contributed by atoms with Gasteiger partial charge in [-0.15, -0.1) is 0 Å². The van der Waals surface area contributed by atoms with Crippen molar-refractivity contribution in [3.05, 3.63) is 66.4 Å². The standard InChI is InChI=1S/C28H34F2N6/c29-21-6-4-20(5-7-21)24-18-33-28(34-27(24)32)36-14-2-1-3-26(36)25(31)17-19-12-15-35(16-13-19)23-10-8-22(30)9-11-23/h4-11,18-19,25-26H,1-3,12-17,31H2,(H2,32,33,34). The third-order valence-corrected chi connectivity index (χ3v) is 7.67. The van der Waals surface area contributed by atoms with Crippen LogP contribution in [0.1, 0.15) is 38.5 Å². The summed E-state index contributed by atoms with van der Waals surface area (Å²) < 4.78 is 26.6. The molecule has 2 aromatic carbocycles. The van der Waals surface area contributed by atoms with E-state index < -0.39 is 0 Å². The highest BCUT2D eigenvalue weighted by molar-refractivity contribution is 5.73. The van der Waals surface area contributed by atoms with Crippen LogP contribution in [0.5, 0.6) is 0 Å². The van der Waals surface area contributed by atoms with Gasteiger partial charge < -0.3 is 21.3 Å². The summed E-state index contributed by atoms with van der Waals surface area (Å²) in [6.45, 7) is 2.78. The first-order valence-corrected chi connectivity index (χ1v) is 12.9. The monoisotopic (exact) mass is 492 g/mol. The molecule has 0 bridgehead atoms. The summed E-state index contributed by atoms with van der Waals surface area (Å²) in [5.74, 6) is 1.07. The maximum absolute atomic E-state index is 13.3. The molecule has 0 radical (unpaired) electrons. The van der Waals surface area contributed by atoms with E-state index in [1.54, 1.807) is 18.3 Å². The summed E-state index contributed by atoms with van der Waals surface area (Å²) in [5, 5.41) is 0. The van der Waals surface area contributed by atoms with Crippen LogP contribution in [0.4, 0.5) is 26.2 Å². The molecule has 6 nitrogen and oxygen atoms in total. The Morgan fingerprint density at radius 3 is 2.22 bits per heavy atom. The van der Waals surface area contributed by atoms with Crippen LogP contribution in [0.3, 0.4) is 0 Å². The summed E-state index contributed by atoms with van der Waals surface area (Å²) in [7, 11) is 0. The lowest BCUT2D eigenvalue weighted by atomic mass is 9.85. The number of anilines is 3. The fraction of sp³-hybridized carbons (Fsp3) is 0.429. The number of aromatic nitrogens is 2. The van der Waals surface area contributed by atoms with Gasteiger partial charge in [-0.05, 0) is 86.4 Å². The molecule has 8 heteroatoms. The fourth-order valence-corrected chi connectivity index (χ4v) is 5.65. The number of hydrogen-bond acceptors (Lipinski definition) is 6. The Labute approximate surface area is 211 Å². The molecule has 0 amide bonds. The van der Waals surface area contributed by atoms with Crippen LogP contribution in [0.25, 0.3) is 11.1 Å². The molecule has 2 unspecified atom stereocenters. The van der Waals surface area contributed by atoms with E-state index in [0.29, 0.717) is 23.2 Å². The van der Waals surface area contributed by atoms with Gasteiger partial charge in [0, 0.05) is 49.2 Å². The Kier molecular flexibility index (Phi) is 7.32. The molecule has 2 aliphatic heterocycles. The molecular formula is C28H34F2N6. The molecule has 1 aromatic heterocycles. The predicted octanol–water partition coefficient (Wildman–Crippen LogP) is 5.00. The molecule has 2 fully saturated rings. The van der Waals surface area contributed by atoms with Gasteiger partial charge in [0.2, 0.25) is 5.95 Å². The lowest BCUT2D eigenvalue weighted by molar-refractivity contribution is 0.304. The lowest BCUT2D eigenvalue weighted by Crippen LogP contribution is -2.52. The molecule has 4 N–H and O–H groups in total. The maximum Gasteiger partial charge on any atom is 0.227 e. The molecule has 2 saturated heterocycles. The van der Waals surface area contributed by atoms with Crippen LogP contribution in [-0.4, -0.2) is 41.7 Å². The number of halogens is 2. The van der Waals surface area contributed by atoms with Gasteiger partial charge in [0.25, 0.3) is 0 Å². The molecule has 2 aliphatic rings. The molecule has 0 aliphatic carbocycles. The zero-order valence-corrected chi connectivity index (χ0v) is 20.5. The third-order valence-electron chi connectivity index (χ3n) is 7.67. The van der Waals surface area contributed by atoms with Crippen LogP contribution in [0.2, 0.25) is 0 Å². The topological polar surface area (TPSA) is 84.3 Å². The van der Waals surface area contributed by atoms with Gasteiger partial charge in [-0.25, -0.2) is 13.8 Å². The van der Waals surface area contributed by atoms with E-state index in [0.717, 1.165) is 69.4 Å². The summed E-state index contributed by atoms with van der Waals surface area (Å²) >= 11 is 0. The SMILES string of the molecule is Nc1nc(N2CCCCC2C(N)CC2CCN(c3ccc(F)cc3)CC2)ncc1-c1ccc(F)cc1. The van der Waals surface area contributed by atoms with Gasteiger partial charge in [0.15, 0.2) is 0 Å². The van der Waals surface area contributed by atoms with E-state index in [4.69, 9.17) is 11.5 Å². The van der Waals surface area contributed by atoms with Gasteiger partial charge in [0.05, 0.1) is 0 Å². The zero-order chi connectivity index (χ0) is 25.1. The average molecular weight is 493 g/mol. The third kappa shape index (κ3) is 5.43. The van der Waals surface area contributed by atoms with Crippen molar-refractivity contribution in [1.82, 2.24) is 9.97 Å². The second-order valence-electron chi connectivity index (χ2n) is 10.0. The molecule has 5 rings (SSSR count). The molecule has 2 atom stereocenters. The predicted molar refractivity (Wildman–Crippen MR) is 141 cm³/mol. The number of hydrogen-bond donors (Lipinski definition) is 2. The van der Waals surface area contributed by atoms with Crippen molar-refractivity contribution >= 4 is 17.5 Å². The number of rotatable bonds is 6. The highest BCUT2D eigenvalue weighted by Gasteiger charge is 2.32. The second-order valence-corrected chi connectivity index (χ2v) is 10.0. The van der Waals surface area contributed by atoms with Gasteiger partial charge in [-0.2, -0.15) is 4.98 Å². The maximum atomic E-state index is 13.3. The molecule has 36 heavy (non-hydrogen) atoms. The molecule has 190 valence electrons. The minimum atomic E-state index is -0.291. The summed E-state index contributed by atoms with van der Waals surface area (Å²) in [4.78, 5) is 13.8. The molecular weight excluding hydrogens is 458 g/mol. The number of nitrogen functional groups attached to an aromatic ring is 1. The fourth-order valence-electron chi connectivity index (χ4n) is 5.65. The smallest absolute Gasteiger partial charge is 0.227 e. The molecule has 0 saturated carbocycles. The Balaban J connectivity index is 1.23. The van der Waals surface area contributed by atoms with Crippen molar-refractivity contribution in [2.45, 2.75) is 50.6 Å². The summed E-state index contributed by atoms with van der Waals surface area (Å²) in [6.07, 6.45) is 8.07. The van der Waals surface area contributed by atoms with Crippen LogP contribution in [0.15, 0.2) is 54.7 Å². The first-order valence-electron chi connectivity index (χ1n) is 12.9. The van der Waals surface area contributed by atoms with E-state index >= 15 is 0 Å². The van der Waals surface area contributed by atoms with Crippen LogP contribution in [0, 0.1) is 17.6 Å². The van der Waals surface area contributed by atoms with Crippen molar-refractivity contribution in [3.8, 4) is 11.1 Å². The van der Waals surface area contributed by atoms with E-state index in [2.05, 4.69) is 19.8 Å².